The molecule has 0 aliphatic carbocycles. The molecule has 1 rings (SSSR count). The predicted molar refractivity (Wildman–Crippen MR) is 65.6 cm³/mol. The Morgan fingerprint density at radius 3 is 2.53 bits per heavy atom. The summed E-state index contributed by atoms with van der Waals surface area (Å²) in [6, 6.07) is -0.674. The van der Waals surface area contributed by atoms with Crippen molar-refractivity contribution in [1.82, 2.24) is 4.90 Å². The van der Waals surface area contributed by atoms with Crippen molar-refractivity contribution in [3.8, 4) is 0 Å². The van der Waals surface area contributed by atoms with Gasteiger partial charge in [-0.15, -0.1) is 0 Å². The van der Waals surface area contributed by atoms with Crippen molar-refractivity contribution in [2.75, 3.05) is 6.54 Å². The third kappa shape index (κ3) is 2.68. The summed E-state index contributed by atoms with van der Waals surface area (Å²) in [6.07, 6.45) is 2.10. The van der Waals surface area contributed by atoms with E-state index in [2.05, 4.69) is 6.58 Å². The van der Waals surface area contributed by atoms with Crippen molar-refractivity contribution < 1.29 is 14.7 Å². The first-order valence-electron chi connectivity index (χ1n) is 6.04. The number of likely N-dealkylation sites (tertiary alicyclic amines) is 1. The maximum absolute atomic E-state index is 12.2. The van der Waals surface area contributed by atoms with Crippen molar-refractivity contribution in [3.63, 3.8) is 0 Å². The van der Waals surface area contributed by atoms with Crippen LogP contribution in [-0.4, -0.2) is 34.5 Å². The molecular formula is C13H21NO3. The molecule has 1 amide bonds. The van der Waals surface area contributed by atoms with Crippen LogP contribution in [0.5, 0.6) is 0 Å². The number of carbonyl (C=O) groups is 2. The molecule has 0 saturated carbocycles. The molecule has 96 valence electrons. The van der Waals surface area contributed by atoms with Crippen LogP contribution in [0.4, 0.5) is 0 Å². The third-order valence-electron chi connectivity index (χ3n) is 3.76. The Morgan fingerprint density at radius 2 is 2.06 bits per heavy atom. The van der Waals surface area contributed by atoms with Gasteiger partial charge in [0.05, 0.1) is 0 Å². The molecule has 1 N–H and O–H groups in total. The van der Waals surface area contributed by atoms with E-state index in [4.69, 9.17) is 5.11 Å². The van der Waals surface area contributed by atoms with Crippen molar-refractivity contribution in [2.24, 2.45) is 5.41 Å². The maximum atomic E-state index is 12.2. The lowest BCUT2D eigenvalue weighted by molar-refractivity contribution is -0.147. The van der Waals surface area contributed by atoms with E-state index in [9.17, 15) is 9.59 Å². The number of hydrogen-bond acceptors (Lipinski definition) is 2. The summed E-state index contributed by atoms with van der Waals surface area (Å²) in [5.41, 5.74) is 0.232. The monoisotopic (exact) mass is 239 g/mol. The van der Waals surface area contributed by atoms with E-state index in [-0.39, 0.29) is 11.3 Å². The number of carboxylic acid groups (broad SMARTS) is 1. The van der Waals surface area contributed by atoms with Crippen molar-refractivity contribution in [2.45, 2.75) is 46.1 Å². The molecule has 17 heavy (non-hydrogen) atoms. The summed E-state index contributed by atoms with van der Waals surface area (Å²) >= 11 is 0. The molecule has 1 heterocycles. The number of aliphatic carboxylic acids is 1. The number of carbonyl (C=O) groups excluding carboxylic acids is 1. The minimum absolute atomic E-state index is 0.207. The predicted octanol–water partition coefficient (Wildman–Crippen LogP) is 2.05. The zero-order valence-electron chi connectivity index (χ0n) is 10.8. The Morgan fingerprint density at radius 1 is 1.47 bits per heavy atom. The summed E-state index contributed by atoms with van der Waals surface area (Å²) in [5.74, 6) is -1.13. The minimum atomic E-state index is -0.919. The molecule has 4 nitrogen and oxygen atoms in total. The van der Waals surface area contributed by atoms with E-state index in [1.54, 1.807) is 0 Å². The summed E-state index contributed by atoms with van der Waals surface area (Å²) in [5, 5.41) is 9.05. The van der Waals surface area contributed by atoms with E-state index in [0.717, 1.165) is 12.8 Å². The van der Waals surface area contributed by atoms with Gasteiger partial charge in [0.2, 0.25) is 5.91 Å². The van der Waals surface area contributed by atoms with Crippen molar-refractivity contribution in [3.05, 3.63) is 12.2 Å². The fourth-order valence-electron chi connectivity index (χ4n) is 1.94. The highest BCUT2D eigenvalue weighted by Crippen LogP contribution is 2.32. The van der Waals surface area contributed by atoms with E-state index < -0.39 is 12.0 Å². The summed E-state index contributed by atoms with van der Waals surface area (Å²) in [6.45, 7) is 10.3. The fourth-order valence-corrected chi connectivity index (χ4v) is 1.94. The Hall–Kier alpha value is -1.32. The lowest BCUT2D eigenvalue weighted by Gasteiger charge is -2.30. The second-order valence-electron chi connectivity index (χ2n) is 5.21. The number of carboxylic acids is 1. The zero-order chi connectivity index (χ0) is 13.2. The zero-order valence-corrected chi connectivity index (χ0v) is 10.8. The Labute approximate surface area is 102 Å². The number of nitrogens with zero attached hydrogens (tertiary/aromatic N) is 1. The van der Waals surface area contributed by atoms with Crippen LogP contribution >= 0.6 is 0 Å². The van der Waals surface area contributed by atoms with E-state index >= 15 is 0 Å². The van der Waals surface area contributed by atoms with Crippen LogP contribution in [0.1, 0.15) is 40.0 Å². The number of rotatable bonds is 4. The van der Waals surface area contributed by atoms with Gasteiger partial charge in [-0.3, -0.25) is 4.79 Å². The van der Waals surface area contributed by atoms with Gasteiger partial charge < -0.3 is 10.0 Å². The Kier molecular flexibility index (Phi) is 3.96. The van der Waals surface area contributed by atoms with Crippen LogP contribution in [-0.2, 0) is 9.59 Å². The second kappa shape index (κ2) is 4.90. The average Bonchev–Trinajstić information content (AvgIpc) is 2.75. The van der Waals surface area contributed by atoms with E-state index in [1.807, 2.05) is 20.8 Å². The minimum Gasteiger partial charge on any atom is -0.480 e. The van der Waals surface area contributed by atoms with Crippen LogP contribution < -0.4 is 0 Å². The van der Waals surface area contributed by atoms with Crippen molar-refractivity contribution >= 4 is 11.9 Å². The number of hydrogen-bond donors (Lipinski definition) is 1. The quantitative estimate of drug-likeness (QED) is 0.764. The third-order valence-corrected chi connectivity index (χ3v) is 3.76. The van der Waals surface area contributed by atoms with E-state index in [1.165, 1.54) is 4.90 Å². The fraction of sp³-hybridized carbons (Fsp3) is 0.692. The first kappa shape index (κ1) is 13.7. The van der Waals surface area contributed by atoms with Crippen LogP contribution in [0.15, 0.2) is 12.2 Å². The summed E-state index contributed by atoms with van der Waals surface area (Å²) < 4.78 is 0. The van der Waals surface area contributed by atoms with Crippen LogP contribution in [0, 0.1) is 5.41 Å². The largest absolute Gasteiger partial charge is 0.480 e. The van der Waals surface area contributed by atoms with Gasteiger partial charge in [0.25, 0.3) is 0 Å². The van der Waals surface area contributed by atoms with Gasteiger partial charge in [-0.2, -0.15) is 0 Å². The molecule has 0 aromatic heterocycles. The van der Waals surface area contributed by atoms with Gasteiger partial charge in [-0.25, -0.2) is 4.79 Å². The average molecular weight is 239 g/mol. The topological polar surface area (TPSA) is 57.6 Å². The first-order valence-corrected chi connectivity index (χ1v) is 6.04. The normalized spacial score (nSPS) is 20.4. The molecular weight excluding hydrogens is 218 g/mol. The molecule has 1 aliphatic rings. The SMILES string of the molecule is C=C(C(=O)N1CCCC1C(=O)O)C(C)(C)CC. The highest BCUT2D eigenvalue weighted by molar-refractivity contribution is 5.96. The molecule has 0 radical (unpaired) electrons. The molecule has 0 spiro atoms. The van der Waals surface area contributed by atoms with Crippen molar-refractivity contribution in [1.29, 1.82) is 0 Å². The molecule has 1 saturated heterocycles. The van der Waals surface area contributed by atoms with Gasteiger partial charge in [-0.1, -0.05) is 27.4 Å². The van der Waals surface area contributed by atoms with Crippen LogP contribution in [0.25, 0.3) is 0 Å². The lowest BCUT2D eigenvalue weighted by Crippen LogP contribution is -2.43. The van der Waals surface area contributed by atoms with Crippen LogP contribution in [0.2, 0.25) is 0 Å². The molecule has 1 unspecified atom stereocenters. The molecule has 1 aliphatic heterocycles. The van der Waals surface area contributed by atoms with Gasteiger partial charge >= 0.3 is 5.97 Å². The van der Waals surface area contributed by atoms with Gasteiger partial charge in [-0.05, 0) is 24.7 Å². The van der Waals surface area contributed by atoms with Crippen LogP contribution in [0.3, 0.4) is 0 Å². The standard InChI is InChI=1S/C13H21NO3/c1-5-13(3,4)9(2)11(15)14-8-6-7-10(14)12(16)17/h10H,2,5-8H2,1,3-4H3,(H,16,17). The van der Waals surface area contributed by atoms with Gasteiger partial charge in [0.1, 0.15) is 6.04 Å². The van der Waals surface area contributed by atoms with E-state index in [0.29, 0.717) is 18.5 Å². The second-order valence-corrected chi connectivity index (χ2v) is 5.21. The molecule has 4 heteroatoms. The molecule has 1 fully saturated rings. The smallest absolute Gasteiger partial charge is 0.326 e. The van der Waals surface area contributed by atoms with Gasteiger partial charge in [0.15, 0.2) is 0 Å². The summed E-state index contributed by atoms with van der Waals surface area (Å²) in [7, 11) is 0. The molecule has 0 aromatic rings. The highest BCUT2D eigenvalue weighted by Gasteiger charge is 2.37. The highest BCUT2D eigenvalue weighted by atomic mass is 16.4. The molecule has 1 atom stereocenters. The molecule has 0 aromatic carbocycles. The Bertz CT molecular complexity index is 347. The number of amides is 1. The van der Waals surface area contributed by atoms with Gasteiger partial charge in [0, 0.05) is 12.1 Å². The maximum Gasteiger partial charge on any atom is 0.326 e. The molecule has 0 bridgehead atoms. The first-order chi connectivity index (χ1) is 7.81. The Balaban J connectivity index is 2.83. The summed E-state index contributed by atoms with van der Waals surface area (Å²) in [4.78, 5) is 24.7. The lowest BCUT2D eigenvalue weighted by atomic mass is 9.82.